The van der Waals surface area contributed by atoms with E-state index in [0.717, 1.165) is 10.8 Å². The summed E-state index contributed by atoms with van der Waals surface area (Å²) in [6, 6.07) is 7.42. The van der Waals surface area contributed by atoms with Gasteiger partial charge in [-0.2, -0.15) is 5.26 Å². The van der Waals surface area contributed by atoms with Gasteiger partial charge in [-0.05, 0) is 12.1 Å². The molecular formula is C9H10N2OS. The van der Waals surface area contributed by atoms with E-state index in [1.54, 1.807) is 24.9 Å². The second-order valence-electron chi connectivity index (χ2n) is 2.31. The molecular weight excluding hydrogens is 184 g/mol. The van der Waals surface area contributed by atoms with Gasteiger partial charge >= 0.3 is 0 Å². The van der Waals surface area contributed by atoms with Gasteiger partial charge in [0.2, 0.25) is 0 Å². The lowest BCUT2D eigenvalue weighted by Gasteiger charge is -1.99. The predicted octanol–water partition coefficient (Wildman–Crippen LogP) is 1.69. The molecule has 0 aliphatic heterocycles. The Hall–Kier alpha value is -1.05. The first-order valence-electron chi connectivity index (χ1n) is 3.85. The molecule has 68 valence electrons. The molecule has 1 heterocycles. The number of thioether (sulfide) groups is 1. The molecule has 0 fully saturated rings. The molecule has 4 heteroatoms. The molecule has 0 aliphatic carbocycles. The summed E-state index contributed by atoms with van der Waals surface area (Å²) >= 11 is 1.59. The van der Waals surface area contributed by atoms with Crippen LogP contribution in [0.2, 0.25) is 0 Å². The lowest BCUT2D eigenvalue weighted by atomic mass is 10.4. The van der Waals surface area contributed by atoms with Gasteiger partial charge in [0, 0.05) is 12.9 Å². The van der Waals surface area contributed by atoms with Crippen molar-refractivity contribution in [1.82, 2.24) is 4.98 Å². The van der Waals surface area contributed by atoms with Gasteiger partial charge in [-0.25, -0.2) is 4.98 Å². The Kier molecular flexibility index (Phi) is 4.30. The van der Waals surface area contributed by atoms with Crippen molar-refractivity contribution >= 4 is 11.8 Å². The van der Waals surface area contributed by atoms with Gasteiger partial charge in [0.05, 0.1) is 11.6 Å². The monoisotopic (exact) mass is 194 g/mol. The van der Waals surface area contributed by atoms with Crippen molar-refractivity contribution in [2.45, 2.75) is 5.03 Å². The third kappa shape index (κ3) is 3.45. The van der Waals surface area contributed by atoms with E-state index in [-0.39, 0.29) is 0 Å². The fourth-order valence-corrected chi connectivity index (χ4v) is 1.58. The smallest absolute Gasteiger partial charge is 0.141 e. The molecule has 0 unspecified atom stereocenters. The standard InChI is InChI=1S/C9H10N2OS/c1-12-5-6-13-9-4-2-3-8(7-10)11-9/h2-4H,5-6H2,1H3. The van der Waals surface area contributed by atoms with E-state index < -0.39 is 0 Å². The third-order valence-corrected chi connectivity index (χ3v) is 2.27. The zero-order valence-corrected chi connectivity index (χ0v) is 8.17. The van der Waals surface area contributed by atoms with Gasteiger partial charge in [-0.1, -0.05) is 6.07 Å². The van der Waals surface area contributed by atoms with Gasteiger partial charge in [-0.15, -0.1) is 11.8 Å². The van der Waals surface area contributed by atoms with Crippen molar-refractivity contribution in [1.29, 1.82) is 5.26 Å². The minimum absolute atomic E-state index is 0.461. The Labute approximate surface area is 81.7 Å². The predicted molar refractivity (Wildman–Crippen MR) is 51.6 cm³/mol. The number of pyridine rings is 1. The molecule has 0 saturated heterocycles. The van der Waals surface area contributed by atoms with E-state index in [9.17, 15) is 0 Å². The summed E-state index contributed by atoms with van der Waals surface area (Å²) in [5.74, 6) is 0.860. The van der Waals surface area contributed by atoms with Crippen LogP contribution in [0, 0.1) is 11.3 Å². The Bertz CT molecular complexity index is 309. The summed E-state index contributed by atoms with van der Waals surface area (Å²) in [6.45, 7) is 0.698. The average molecular weight is 194 g/mol. The SMILES string of the molecule is COCCSc1cccc(C#N)n1. The first-order chi connectivity index (χ1) is 6.36. The average Bonchev–Trinajstić information content (AvgIpc) is 2.19. The van der Waals surface area contributed by atoms with E-state index >= 15 is 0 Å². The maximum atomic E-state index is 8.59. The Morgan fingerprint density at radius 2 is 2.46 bits per heavy atom. The highest BCUT2D eigenvalue weighted by molar-refractivity contribution is 7.99. The third-order valence-electron chi connectivity index (χ3n) is 1.38. The molecule has 0 amide bonds. The van der Waals surface area contributed by atoms with Gasteiger partial charge < -0.3 is 4.74 Å². The van der Waals surface area contributed by atoms with Crippen LogP contribution in [0.25, 0.3) is 0 Å². The van der Waals surface area contributed by atoms with Crippen molar-refractivity contribution in [3.8, 4) is 6.07 Å². The Morgan fingerprint density at radius 3 is 3.15 bits per heavy atom. The first-order valence-corrected chi connectivity index (χ1v) is 4.84. The second-order valence-corrected chi connectivity index (χ2v) is 3.43. The number of hydrogen-bond donors (Lipinski definition) is 0. The normalized spacial score (nSPS) is 9.54. The van der Waals surface area contributed by atoms with Crippen LogP contribution in [0.15, 0.2) is 23.2 Å². The highest BCUT2D eigenvalue weighted by Crippen LogP contribution is 2.14. The van der Waals surface area contributed by atoms with Crippen molar-refractivity contribution in [3.63, 3.8) is 0 Å². The van der Waals surface area contributed by atoms with E-state index in [1.165, 1.54) is 0 Å². The number of hydrogen-bond acceptors (Lipinski definition) is 4. The summed E-state index contributed by atoms with van der Waals surface area (Å²) in [5.41, 5.74) is 0.461. The number of nitrogens with zero attached hydrogens (tertiary/aromatic N) is 2. The van der Waals surface area contributed by atoms with Crippen LogP contribution in [-0.2, 0) is 4.74 Å². The fraction of sp³-hybridized carbons (Fsp3) is 0.333. The zero-order chi connectivity index (χ0) is 9.52. The molecule has 0 aliphatic rings. The van der Waals surface area contributed by atoms with Gasteiger partial charge in [-0.3, -0.25) is 0 Å². The second kappa shape index (κ2) is 5.57. The number of rotatable bonds is 4. The molecule has 0 atom stereocenters. The van der Waals surface area contributed by atoms with Crippen LogP contribution in [0.4, 0.5) is 0 Å². The summed E-state index contributed by atoms with van der Waals surface area (Å²) < 4.78 is 4.91. The quantitative estimate of drug-likeness (QED) is 0.540. The summed E-state index contributed by atoms with van der Waals surface area (Å²) in [5, 5.41) is 9.46. The molecule has 1 aromatic heterocycles. The molecule has 1 aromatic rings. The van der Waals surface area contributed by atoms with Gasteiger partial charge in [0.25, 0.3) is 0 Å². The highest BCUT2D eigenvalue weighted by atomic mass is 32.2. The van der Waals surface area contributed by atoms with Gasteiger partial charge in [0.15, 0.2) is 0 Å². The molecule has 0 N–H and O–H groups in total. The zero-order valence-electron chi connectivity index (χ0n) is 7.36. The molecule has 0 bridgehead atoms. The summed E-state index contributed by atoms with van der Waals surface area (Å²) in [6.07, 6.45) is 0. The Balaban J connectivity index is 2.52. The van der Waals surface area contributed by atoms with Gasteiger partial charge in [0.1, 0.15) is 11.8 Å². The van der Waals surface area contributed by atoms with Crippen molar-refractivity contribution < 1.29 is 4.74 Å². The van der Waals surface area contributed by atoms with Crippen LogP contribution >= 0.6 is 11.8 Å². The number of methoxy groups -OCH3 is 1. The fourth-order valence-electron chi connectivity index (χ4n) is 0.787. The van der Waals surface area contributed by atoms with Crippen LogP contribution < -0.4 is 0 Å². The highest BCUT2D eigenvalue weighted by Gasteiger charge is 1.96. The summed E-state index contributed by atoms with van der Waals surface area (Å²) in [4.78, 5) is 4.11. The molecule has 1 rings (SSSR count). The van der Waals surface area contributed by atoms with Crippen molar-refractivity contribution in [2.75, 3.05) is 19.5 Å². The van der Waals surface area contributed by atoms with Crippen LogP contribution in [0.3, 0.4) is 0 Å². The Morgan fingerprint density at radius 1 is 1.62 bits per heavy atom. The maximum absolute atomic E-state index is 8.59. The van der Waals surface area contributed by atoms with E-state index in [2.05, 4.69) is 4.98 Å². The van der Waals surface area contributed by atoms with E-state index in [0.29, 0.717) is 12.3 Å². The van der Waals surface area contributed by atoms with Crippen LogP contribution in [0.1, 0.15) is 5.69 Å². The van der Waals surface area contributed by atoms with Crippen molar-refractivity contribution in [2.24, 2.45) is 0 Å². The molecule has 0 saturated carbocycles. The van der Waals surface area contributed by atoms with E-state index in [4.69, 9.17) is 10.00 Å². The van der Waals surface area contributed by atoms with E-state index in [1.807, 2.05) is 18.2 Å². The molecule has 0 spiro atoms. The number of nitriles is 1. The first kappa shape index (κ1) is 10.0. The minimum Gasteiger partial charge on any atom is -0.384 e. The molecule has 3 nitrogen and oxygen atoms in total. The summed E-state index contributed by atoms with van der Waals surface area (Å²) in [7, 11) is 1.67. The lowest BCUT2D eigenvalue weighted by Crippen LogP contribution is -1.92. The maximum Gasteiger partial charge on any atom is 0.141 e. The molecule has 0 radical (unpaired) electrons. The lowest BCUT2D eigenvalue weighted by molar-refractivity contribution is 0.218. The largest absolute Gasteiger partial charge is 0.384 e. The van der Waals surface area contributed by atoms with Crippen LogP contribution in [-0.4, -0.2) is 24.5 Å². The molecule has 0 aromatic carbocycles. The topological polar surface area (TPSA) is 45.9 Å². The number of ether oxygens (including phenoxy) is 1. The van der Waals surface area contributed by atoms with Crippen LogP contribution in [0.5, 0.6) is 0 Å². The van der Waals surface area contributed by atoms with Crippen molar-refractivity contribution in [3.05, 3.63) is 23.9 Å². The number of aromatic nitrogens is 1. The minimum atomic E-state index is 0.461. The molecule has 13 heavy (non-hydrogen) atoms.